The highest BCUT2D eigenvalue weighted by molar-refractivity contribution is 7.09. The highest BCUT2D eigenvalue weighted by Crippen LogP contribution is 2.30. The van der Waals surface area contributed by atoms with Crippen molar-refractivity contribution in [3.05, 3.63) is 85.7 Å². The number of hydrogen-bond acceptors (Lipinski definition) is 5. The Bertz CT molecular complexity index is 1130. The number of nitrogens with one attached hydrogen (secondary N) is 1. The molecule has 0 saturated carbocycles. The molecule has 2 aromatic heterocycles. The molecule has 0 aliphatic carbocycles. The van der Waals surface area contributed by atoms with E-state index in [0.717, 1.165) is 49.2 Å². The molecule has 0 unspecified atom stereocenters. The molecular formula is C25H28N4O2S. The first-order valence-electron chi connectivity index (χ1n) is 11.4. The van der Waals surface area contributed by atoms with E-state index in [-0.39, 0.29) is 17.5 Å². The van der Waals surface area contributed by atoms with Crippen LogP contribution in [0, 0.1) is 0 Å². The van der Waals surface area contributed by atoms with Crippen molar-refractivity contribution in [2.75, 3.05) is 13.1 Å². The highest BCUT2D eigenvalue weighted by Gasteiger charge is 2.31. The first-order valence-corrected chi connectivity index (χ1v) is 12.3. The van der Waals surface area contributed by atoms with Gasteiger partial charge in [0.1, 0.15) is 5.82 Å². The number of carbonyl (C=O) groups is 1. The van der Waals surface area contributed by atoms with Crippen molar-refractivity contribution in [2.24, 2.45) is 0 Å². The summed E-state index contributed by atoms with van der Waals surface area (Å²) in [4.78, 5) is 39.6. The van der Waals surface area contributed by atoms with Crippen LogP contribution in [-0.4, -0.2) is 38.8 Å². The van der Waals surface area contributed by atoms with Crippen LogP contribution in [0.15, 0.2) is 52.6 Å². The van der Waals surface area contributed by atoms with Gasteiger partial charge in [-0.3, -0.25) is 14.5 Å². The SMILES string of the molecule is O=C(Cc1ccccc1)N1CCCC[C@H]1c1nc2c(c(=O)[nH]1)CCN(Cc1cccs1)C2. The third-order valence-electron chi connectivity index (χ3n) is 6.47. The van der Waals surface area contributed by atoms with Crippen molar-refractivity contribution in [2.45, 2.75) is 51.2 Å². The van der Waals surface area contributed by atoms with Gasteiger partial charge in [0.05, 0.1) is 18.2 Å². The van der Waals surface area contributed by atoms with Gasteiger partial charge in [-0.05, 0) is 42.7 Å². The standard InChI is InChI=1S/C25H28N4O2S/c30-23(15-18-7-2-1-3-8-18)29-12-5-4-10-22(29)24-26-21-17-28(16-19-9-6-14-32-19)13-11-20(21)25(31)27-24/h1-3,6-9,14,22H,4-5,10-13,15-17H2,(H,26,27,31)/t22-/m0/s1. The van der Waals surface area contributed by atoms with E-state index in [2.05, 4.69) is 27.4 Å². The van der Waals surface area contributed by atoms with Crippen LogP contribution in [0.25, 0.3) is 0 Å². The minimum Gasteiger partial charge on any atom is -0.332 e. The number of rotatable bonds is 5. The number of aromatic amines is 1. The smallest absolute Gasteiger partial charge is 0.254 e. The van der Waals surface area contributed by atoms with Crippen molar-refractivity contribution in [3.63, 3.8) is 0 Å². The summed E-state index contributed by atoms with van der Waals surface area (Å²) >= 11 is 1.76. The molecule has 4 heterocycles. The molecule has 1 fully saturated rings. The summed E-state index contributed by atoms with van der Waals surface area (Å²) in [6.45, 7) is 3.13. The van der Waals surface area contributed by atoms with Gasteiger partial charge in [-0.2, -0.15) is 0 Å². The minimum absolute atomic E-state index is 0.0400. The lowest BCUT2D eigenvalue weighted by Gasteiger charge is -2.36. The number of amides is 1. The van der Waals surface area contributed by atoms with Crippen LogP contribution in [0.3, 0.4) is 0 Å². The molecule has 1 N–H and O–H groups in total. The summed E-state index contributed by atoms with van der Waals surface area (Å²) in [6, 6.07) is 13.9. The molecule has 1 aromatic carbocycles. The maximum atomic E-state index is 13.2. The van der Waals surface area contributed by atoms with E-state index in [1.165, 1.54) is 4.88 Å². The Kier molecular flexibility index (Phi) is 6.19. The maximum Gasteiger partial charge on any atom is 0.254 e. The zero-order valence-electron chi connectivity index (χ0n) is 18.1. The summed E-state index contributed by atoms with van der Waals surface area (Å²) in [5.41, 5.74) is 2.64. The van der Waals surface area contributed by atoms with Gasteiger partial charge in [-0.15, -0.1) is 11.3 Å². The number of hydrogen-bond donors (Lipinski definition) is 1. The molecule has 3 aromatic rings. The fourth-order valence-corrected chi connectivity index (χ4v) is 5.56. The molecule has 1 amide bonds. The Morgan fingerprint density at radius 1 is 1.12 bits per heavy atom. The minimum atomic E-state index is -0.161. The lowest BCUT2D eigenvalue weighted by molar-refractivity contribution is -0.134. The zero-order chi connectivity index (χ0) is 21.9. The van der Waals surface area contributed by atoms with E-state index in [1.54, 1.807) is 11.3 Å². The van der Waals surface area contributed by atoms with Crippen LogP contribution in [0.2, 0.25) is 0 Å². The monoisotopic (exact) mass is 448 g/mol. The van der Waals surface area contributed by atoms with Gasteiger partial charge >= 0.3 is 0 Å². The second-order valence-corrected chi connectivity index (χ2v) is 9.71. The average Bonchev–Trinajstić information content (AvgIpc) is 3.32. The summed E-state index contributed by atoms with van der Waals surface area (Å²) in [6.07, 6.45) is 3.94. The van der Waals surface area contributed by atoms with E-state index in [1.807, 2.05) is 35.2 Å². The third kappa shape index (κ3) is 4.54. The van der Waals surface area contributed by atoms with Crippen LogP contribution in [0.5, 0.6) is 0 Å². The van der Waals surface area contributed by atoms with E-state index >= 15 is 0 Å². The predicted molar refractivity (Wildman–Crippen MR) is 125 cm³/mol. The quantitative estimate of drug-likeness (QED) is 0.646. The fraction of sp³-hybridized carbons (Fsp3) is 0.400. The number of likely N-dealkylation sites (tertiary alicyclic amines) is 1. The van der Waals surface area contributed by atoms with Crippen molar-refractivity contribution in [1.29, 1.82) is 0 Å². The number of fused-ring (bicyclic) bond motifs is 1. The number of nitrogens with zero attached hydrogens (tertiary/aromatic N) is 3. The van der Waals surface area contributed by atoms with E-state index in [9.17, 15) is 9.59 Å². The van der Waals surface area contributed by atoms with Gasteiger partial charge in [0.15, 0.2) is 0 Å². The molecule has 32 heavy (non-hydrogen) atoms. The Hall–Kier alpha value is -2.77. The Balaban J connectivity index is 1.37. The molecule has 2 aliphatic heterocycles. The van der Waals surface area contributed by atoms with E-state index in [4.69, 9.17) is 4.98 Å². The molecule has 0 spiro atoms. The second kappa shape index (κ2) is 9.38. The summed E-state index contributed by atoms with van der Waals surface area (Å²) in [5.74, 6) is 0.744. The molecule has 0 radical (unpaired) electrons. The molecule has 1 saturated heterocycles. The van der Waals surface area contributed by atoms with Gasteiger partial charge in [-0.1, -0.05) is 36.4 Å². The first-order chi connectivity index (χ1) is 15.7. The number of aromatic nitrogens is 2. The Morgan fingerprint density at radius 3 is 2.81 bits per heavy atom. The zero-order valence-corrected chi connectivity index (χ0v) is 18.9. The number of H-pyrrole nitrogens is 1. The Labute approximate surface area is 191 Å². The number of thiophene rings is 1. The largest absolute Gasteiger partial charge is 0.332 e. The molecule has 6 nitrogen and oxygen atoms in total. The normalized spacial score (nSPS) is 19.0. The molecule has 166 valence electrons. The van der Waals surface area contributed by atoms with Crippen molar-refractivity contribution >= 4 is 17.2 Å². The van der Waals surface area contributed by atoms with Crippen LogP contribution in [0.1, 0.15) is 52.8 Å². The number of benzene rings is 1. The van der Waals surface area contributed by atoms with Gasteiger partial charge in [0, 0.05) is 36.6 Å². The van der Waals surface area contributed by atoms with Gasteiger partial charge < -0.3 is 9.88 Å². The van der Waals surface area contributed by atoms with E-state index in [0.29, 0.717) is 31.8 Å². The molecule has 0 bridgehead atoms. The molecular weight excluding hydrogens is 420 g/mol. The average molecular weight is 449 g/mol. The van der Waals surface area contributed by atoms with Crippen LogP contribution in [-0.2, 0) is 30.7 Å². The first kappa shape index (κ1) is 21.1. The Morgan fingerprint density at radius 2 is 2.00 bits per heavy atom. The number of carbonyl (C=O) groups excluding carboxylic acids is 1. The molecule has 1 atom stereocenters. The molecule has 7 heteroatoms. The van der Waals surface area contributed by atoms with Crippen LogP contribution < -0.4 is 5.56 Å². The fourth-order valence-electron chi connectivity index (χ4n) is 4.82. The van der Waals surface area contributed by atoms with Gasteiger partial charge in [0.25, 0.3) is 5.56 Å². The predicted octanol–water partition coefficient (Wildman–Crippen LogP) is 3.69. The van der Waals surface area contributed by atoms with Gasteiger partial charge in [0.2, 0.25) is 5.91 Å². The third-order valence-corrected chi connectivity index (χ3v) is 7.33. The topological polar surface area (TPSA) is 69.3 Å². The van der Waals surface area contributed by atoms with Crippen LogP contribution in [0.4, 0.5) is 0 Å². The lowest BCUT2D eigenvalue weighted by Crippen LogP contribution is -2.42. The van der Waals surface area contributed by atoms with E-state index < -0.39 is 0 Å². The van der Waals surface area contributed by atoms with Gasteiger partial charge in [-0.25, -0.2) is 4.98 Å². The van der Waals surface area contributed by atoms with Crippen molar-refractivity contribution in [1.82, 2.24) is 19.8 Å². The van der Waals surface area contributed by atoms with Crippen molar-refractivity contribution < 1.29 is 4.79 Å². The summed E-state index contributed by atoms with van der Waals surface area (Å²) < 4.78 is 0. The van der Waals surface area contributed by atoms with Crippen molar-refractivity contribution in [3.8, 4) is 0 Å². The highest BCUT2D eigenvalue weighted by atomic mass is 32.1. The molecule has 5 rings (SSSR count). The molecule has 2 aliphatic rings. The number of piperidine rings is 1. The maximum absolute atomic E-state index is 13.2. The second-order valence-electron chi connectivity index (χ2n) is 8.68. The summed E-state index contributed by atoms with van der Waals surface area (Å²) in [5, 5.41) is 2.10. The van der Waals surface area contributed by atoms with Crippen LogP contribution >= 0.6 is 11.3 Å². The lowest BCUT2D eigenvalue weighted by atomic mass is 9.99. The summed E-state index contributed by atoms with van der Waals surface area (Å²) in [7, 11) is 0.